The van der Waals surface area contributed by atoms with E-state index in [4.69, 9.17) is 5.73 Å². The molecule has 0 atom stereocenters. The van der Waals surface area contributed by atoms with Crippen LogP contribution in [0.3, 0.4) is 0 Å². The second-order valence-corrected chi connectivity index (χ2v) is 10.2. The normalized spacial score (nSPS) is 12.9. The zero-order chi connectivity index (χ0) is 25.7. The lowest BCUT2D eigenvalue weighted by atomic mass is 9.92. The third-order valence-corrected chi connectivity index (χ3v) is 5.27. The van der Waals surface area contributed by atoms with Crippen LogP contribution >= 0.6 is 0 Å². The fraction of sp³-hybridized carbons (Fsp3) is 0.500. The van der Waals surface area contributed by atoms with E-state index in [9.17, 15) is 18.7 Å². The van der Waals surface area contributed by atoms with Gasteiger partial charge in [-0.05, 0) is 49.9 Å². The maximum absolute atomic E-state index is 14.3. The summed E-state index contributed by atoms with van der Waals surface area (Å²) < 4.78 is 28.6. The Morgan fingerprint density at radius 1 is 1.18 bits per heavy atom. The van der Waals surface area contributed by atoms with Gasteiger partial charge in [-0.15, -0.1) is 0 Å². The lowest BCUT2D eigenvalue weighted by Crippen LogP contribution is -2.23. The first-order valence-electron chi connectivity index (χ1n) is 11.5. The third kappa shape index (κ3) is 7.58. The summed E-state index contributed by atoms with van der Waals surface area (Å²) in [6.45, 7) is 11.8. The van der Waals surface area contributed by atoms with Crippen molar-refractivity contribution in [2.75, 3.05) is 17.6 Å². The molecule has 8 heteroatoms. The summed E-state index contributed by atoms with van der Waals surface area (Å²) >= 11 is 0. The van der Waals surface area contributed by atoms with Gasteiger partial charge < -0.3 is 16.2 Å². The minimum Gasteiger partial charge on any atom is -0.398 e. The van der Waals surface area contributed by atoms with E-state index < -0.39 is 23.1 Å². The molecule has 2 aromatic rings. The molecule has 4 N–H and O–H groups in total. The summed E-state index contributed by atoms with van der Waals surface area (Å²) in [5.41, 5.74) is 6.07. The smallest absolute Gasteiger partial charge is 0.289 e. The second kappa shape index (κ2) is 10.6. The second-order valence-electron chi connectivity index (χ2n) is 10.2. The number of nitrogens with one attached hydrogen (secondary N) is 1. The third-order valence-electron chi connectivity index (χ3n) is 5.27. The first-order chi connectivity index (χ1) is 15.6. The van der Waals surface area contributed by atoms with Gasteiger partial charge in [-0.1, -0.05) is 40.2 Å². The number of pyridine rings is 1. The maximum atomic E-state index is 14.3. The fourth-order valence-corrected chi connectivity index (χ4v) is 3.31. The molecule has 0 aliphatic carbocycles. The van der Waals surface area contributed by atoms with Crippen LogP contribution in [-0.4, -0.2) is 28.8 Å². The zero-order valence-corrected chi connectivity index (χ0v) is 20.9. The molecule has 0 aliphatic heterocycles. The van der Waals surface area contributed by atoms with Crippen molar-refractivity contribution in [1.82, 2.24) is 4.98 Å². The van der Waals surface area contributed by atoms with Crippen LogP contribution in [0, 0.1) is 5.41 Å². The van der Waals surface area contributed by atoms with E-state index in [1.165, 1.54) is 18.2 Å². The molecule has 1 heterocycles. The summed E-state index contributed by atoms with van der Waals surface area (Å²) in [5, 5.41) is 13.3. The molecule has 0 radical (unpaired) electrons. The van der Waals surface area contributed by atoms with Gasteiger partial charge in [-0.2, -0.15) is 8.78 Å². The summed E-state index contributed by atoms with van der Waals surface area (Å²) in [5.74, 6) is -3.79. The molecule has 0 saturated heterocycles. The van der Waals surface area contributed by atoms with E-state index in [1.54, 1.807) is 39.1 Å². The monoisotopic (exact) mass is 474 g/mol. The Kier molecular flexibility index (Phi) is 8.53. The molecule has 1 aromatic heterocycles. The van der Waals surface area contributed by atoms with Crippen molar-refractivity contribution in [2.24, 2.45) is 10.4 Å². The van der Waals surface area contributed by atoms with Gasteiger partial charge in [0.15, 0.2) is 0 Å². The van der Waals surface area contributed by atoms with Crippen molar-refractivity contribution >= 4 is 23.5 Å². The molecule has 2 rings (SSSR count). The highest BCUT2D eigenvalue weighted by molar-refractivity contribution is 6.04. The maximum Gasteiger partial charge on any atom is 0.289 e. The van der Waals surface area contributed by atoms with Crippen LogP contribution in [-0.2, 0) is 11.5 Å². The molecule has 0 fully saturated rings. The van der Waals surface area contributed by atoms with Gasteiger partial charge in [0.1, 0.15) is 11.4 Å². The molecule has 6 nitrogen and oxygen atoms in total. The van der Waals surface area contributed by atoms with Crippen LogP contribution in [0.2, 0.25) is 0 Å². The Morgan fingerprint density at radius 3 is 2.44 bits per heavy atom. The van der Waals surface area contributed by atoms with Crippen molar-refractivity contribution in [3.05, 3.63) is 52.8 Å². The number of benzene rings is 1. The summed E-state index contributed by atoms with van der Waals surface area (Å²) in [6.07, 6.45) is 2.45. The minimum atomic E-state index is -3.12. The van der Waals surface area contributed by atoms with Crippen molar-refractivity contribution in [2.45, 2.75) is 72.3 Å². The Labute approximate surface area is 200 Å². The van der Waals surface area contributed by atoms with Crippen molar-refractivity contribution in [1.29, 1.82) is 0 Å². The van der Waals surface area contributed by atoms with E-state index in [0.717, 1.165) is 6.42 Å². The Bertz CT molecular complexity index is 1040. The Balaban J connectivity index is 2.38. The van der Waals surface area contributed by atoms with E-state index in [0.29, 0.717) is 29.0 Å². The highest BCUT2D eigenvalue weighted by Gasteiger charge is 2.32. The van der Waals surface area contributed by atoms with Gasteiger partial charge in [-0.25, -0.2) is 4.98 Å². The Hall–Kier alpha value is -2.87. The van der Waals surface area contributed by atoms with Crippen LogP contribution < -0.4 is 11.1 Å². The first kappa shape index (κ1) is 27.4. The number of nitrogens with zero attached hydrogens (tertiary/aromatic N) is 2. The summed E-state index contributed by atoms with van der Waals surface area (Å²) in [4.78, 5) is 21.3. The number of halogens is 2. The van der Waals surface area contributed by atoms with Gasteiger partial charge in [0, 0.05) is 41.7 Å². The number of nitrogen functional groups attached to an aromatic ring is 1. The molecule has 186 valence electrons. The van der Waals surface area contributed by atoms with Crippen LogP contribution in [0.15, 0.2) is 35.3 Å². The number of aliphatic imine (C=N–C) groups is 1. The van der Waals surface area contributed by atoms with Gasteiger partial charge in [-0.3, -0.25) is 9.79 Å². The van der Waals surface area contributed by atoms with Crippen molar-refractivity contribution in [3.63, 3.8) is 0 Å². The number of carbonyl (C=O) groups excluding carboxylic acids is 1. The van der Waals surface area contributed by atoms with Gasteiger partial charge in [0.2, 0.25) is 0 Å². The van der Waals surface area contributed by atoms with Crippen LogP contribution in [0.5, 0.6) is 0 Å². The largest absolute Gasteiger partial charge is 0.398 e. The van der Waals surface area contributed by atoms with Crippen molar-refractivity contribution < 1.29 is 18.7 Å². The van der Waals surface area contributed by atoms with E-state index in [2.05, 4.69) is 36.1 Å². The highest BCUT2D eigenvalue weighted by atomic mass is 19.3. The number of rotatable bonds is 9. The molecular weight excluding hydrogens is 438 g/mol. The highest BCUT2D eigenvalue weighted by Crippen LogP contribution is 2.33. The van der Waals surface area contributed by atoms with Gasteiger partial charge >= 0.3 is 0 Å². The molecule has 1 amide bonds. The number of amides is 1. The number of alkyl halides is 2. The SMILES string of the molecule is CCCC(F)(F)c1cccc(C(=O)Nc2cc(C=NCCC(C)(C)C)c(N)cc2C(C)(C)O)n1. The van der Waals surface area contributed by atoms with Crippen LogP contribution in [0.4, 0.5) is 20.2 Å². The van der Waals surface area contributed by atoms with Crippen LogP contribution in [0.1, 0.15) is 88.1 Å². The quantitative estimate of drug-likeness (QED) is 0.312. The lowest BCUT2D eigenvalue weighted by molar-refractivity contribution is -0.0185. The van der Waals surface area contributed by atoms with Crippen molar-refractivity contribution in [3.8, 4) is 0 Å². The van der Waals surface area contributed by atoms with Crippen LogP contribution in [0.25, 0.3) is 0 Å². The molecule has 34 heavy (non-hydrogen) atoms. The number of nitrogens with two attached hydrogens (primary N) is 1. The molecule has 0 unspecified atom stereocenters. The molecule has 0 bridgehead atoms. The topological polar surface area (TPSA) is 101 Å². The molecule has 0 aliphatic rings. The average molecular weight is 475 g/mol. The van der Waals surface area contributed by atoms with E-state index in [1.807, 2.05) is 0 Å². The number of hydrogen-bond acceptors (Lipinski definition) is 5. The van der Waals surface area contributed by atoms with E-state index in [-0.39, 0.29) is 24.0 Å². The molecular formula is C26H36F2N4O2. The number of hydrogen-bond donors (Lipinski definition) is 3. The zero-order valence-electron chi connectivity index (χ0n) is 20.9. The molecule has 1 aromatic carbocycles. The number of aliphatic hydroxyl groups is 1. The minimum absolute atomic E-state index is 0.141. The standard InChI is InChI=1S/C26H36F2N4O2/c1-7-11-26(27,28)22-10-8-9-20(31-22)23(33)32-21-14-17(16-30-13-12-24(2,3)4)19(29)15-18(21)25(5,6)34/h8-10,14-16,34H,7,11-13,29H2,1-6H3,(H,32,33). The average Bonchev–Trinajstić information content (AvgIpc) is 2.71. The lowest BCUT2D eigenvalue weighted by Gasteiger charge is -2.23. The molecule has 0 saturated carbocycles. The number of carbonyl (C=O) groups is 1. The number of anilines is 2. The van der Waals surface area contributed by atoms with E-state index >= 15 is 0 Å². The number of aromatic nitrogens is 1. The van der Waals surface area contributed by atoms with Gasteiger partial charge in [0.25, 0.3) is 11.8 Å². The summed E-state index contributed by atoms with van der Waals surface area (Å²) in [6, 6.07) is 7.17. The predicted molar refractivity (Wildman–Crippen MR) is 134 cm³/mol. The van der Waals surface area contributed by atoms with Gasteiger partial charge in [0.05, 0.1) is 5.60 Å². The fourth-order valence-electron chi connectivity index (χ4n) is 3.31. The Morgan fingerprint density at radius 2 is 1.85 bits per heavy atom. The molecule has 0 spiro atoms. The predicted octanol–water partition coefficient (Wildman–Crippen LogP) is 5.89. The first-order valence-corrected chi connectivity index (χ1v) is 11.5. The summed E-state index contributed by atoms with van der Waals surface area (Å²) in [7, 11) is 0.